The zero-order valence-electron chi connectivity index (χ0n) is 15.7. The maximum Gasteiger partial charge on any atom is 0.252 e. The average Bonchev–Trinajstić information content (AvgIpc) is 3.16. The SMILES string of the molecule is COc1ccc([C@@H]2c3c(c4ccccc4[nH]c3=O)C[C@H]2c2ccccc2)cc1. The predicted octanol–water partition coefficient (Wildman–Crippen LogP) is 5.01. The first-order chi connectivity index (χ1) is 13.8. The van der Waals surface area contributed by atoms with Gasteiger partial charge in [-0.05, 0) is 47.2 Å². The summed E-state index contributed by atoms with van der Waals surface area (Å²) in [5.41, 5.74) is 5.42. The molecule has 4 aromatic rings. The molecule has 1 heterocycles. The van der Waals surface area contributed by atoms with Crippen molar-refractivity contribution in [3.63, 3.8) is 0 Å². The van der Waals surface area contributed by atoms with Crippen molar-refractivity contribution >= 4 is 10.9 Å². The van der Waals surface area contributed by atoms with Gasteiger partial charge in [0.25, 0.3) is 5.56 Å². The van der Waals surface area contributed by atoms with Crippen LogP contribution in [-0.2, 0) is 6.42 Å². The second kappa shape index (κ2) is 6.68. The smallest absolute Gasteiger partial charge is 0.252 e. The second-order valence-corrected chi connectivity index (χ2v) is 7.36. The lowest BCUT2D eigenvalue weighted by atomic mass is 9.82. The first-order valence-corrected chi connectivity index (χ1v) is 9.59. The van der Waals surface area contributed by atoms with Crippen LogP contribution in [0.3, 0.4) is 0 Å². The van der Waals surface area contributed by atoms with Crippen molar-refractivity contribution in [3.8, 4) is 5.75 Å². The van der Waals surface area contributed by atoms with E-state index < -0.39 is 0 Å². The van der Waals surface area contributed by atoms with E-state index in [1.165, 1.54) is 11.1 Å². The number of aromatic amines is 1. The molecule has 1 aliphatic carbocycles. The Kier molecular flexibility index (Phi) is 4.01. The fourth-order valence-electron chi connectivity index (χ4n) is 4.64. The third-order valence-corrected chi connectivity index (χ3v) is 5.91. The highest BCUT2D eigenvalue weighted by molar-refractivity contribution is 5.84. The van der Waals surface area contributed by atoms with E-state index in [9.17, 15) is 4.79 Å². The normalized spacial score (nSPS) is 18.2. The minimum Gasteiger partial charge on any atom is -0.497 e. The highest BCUT2D eigenvalue weighted by atomic mass is 16.5. The van der Waals surface area contributed by atoms with Gasteiger partial charge in [-0.3, -0.25) is 4.79 Å². The van der Waals surface area contributed by atoms with Gasteiger partial charge < -0.3 is 9.72 Å². The minimum atomic E-state index is 0.0212. The maximum atomic E-state index is 13.1. The Hall–Kier alpha value is -3.33. The van der Waals surface area contributed by atoms with Crippen molar-refractivity contribution in [1.29, 1.82) is 0 Å². The lowest BCUT2D eigenvalue weighted by Crippen LogP contribution is -2.18. The van der Waals surface area contributed by atoms with E-state index in [1.54, 1.807) is 7.11 Å². The number of nitrogens with one attached hydrogen (secondary N) is 1. The standard InChI is InChI=1S/C25H21NO2/c1-28-18-13-11-17(12-14-18)23-20(16-7-3-2-4-8-16)15-21-19-9-5-6-10-22(19)26-25(27)24(21)23/h2-14,20,23H,15H2,1H3,(H,26,27)/t20-,23-/m0/s1. The molecule has 0 bridgehead atoms. The number of pyridine rings is 1. The van der Waals surface area contributed by atoms with E-state index in [4.69, 9.17) is 4.74 Å². The highest BCUT2D eigenvalue weighted by Gasteiger charge is 2.37. The predicted molar refractivity (Wildman–Crippen MR) is 112 cm³/mol. The van der Waals surface area contributed by atoms with E-state index in [2.05, 4.69) is 47.4 Å². The molecule has 0 fully saturated rings. The van der Waals surface area contributed by atoms with Crippen LogP contribution in [-0.4, -0.2) is 12.1 Å². The van der Waals surface area contributed by atoms with Gasteiger partial charge in [0.1, 0.15) is 5.75 Å². The Morgan fingerprint density at radius 1 is 0.857 bits per heavy atom. The maximum absolute atomic E-state index is 13.1. The van der Waals surface area contributed by atoms with Crippen molar-refractivity contribution in [1.82, 2.24) is 4.98 Å². The van der Waals surface area contributed by atoms with E-state index >= 15 is 0 Å². The number of hydrogen-bond acceptors (Lipinski definition) is 2. The van der Waals surface area contributed by atoms with Crippen molar-refractivity contribution in [3.05, 3.63) is 111 Å². The van der Waals surface area contributed by atoms with Gasteiger partial charge in [-0.2, -0.15) is 0 Å². The summed E-state index contributed by atoms with van der Waals surface area (Å²) >= 11 is 0. The van der Waals surface area contributed by atoms with E-state index in [0.29, 0.717) is 0 Å². The Morgan fingerprint density at radius 2 is 1.57 bits per heavy atom. The number of ether oxygens (including phenoxy) is 1. The van der Waals surface area contributed by atoms with Gasteiger partial charge in [0.2, 0.25) is 0 Å². The van der Waals surface area contributed by atoms with Crippen LogP contribution in [0.15, 0.2) is 83.7 Å². The molecule has 0 amide bonds. The Morgan fingerprint density at radius 3 is 2.32 bits per heavy atom. The number of aromatic nitrogens is 1. The first kappa shape index (κ1) is 16.8. The molecule has 0 spiro atoms. The van der Waals surface area contributed by atoms with Crippen LogP contribution in [0, 0.1) is 0 Å². The van der Waals surface area contributed by atoms with Crippen LogP contribution in [0.1, 0.15) is 34.1 Å². The number of para-hydroxylation sites is 1. The van der Waals surface area contributed by atoms with Crippen molar-refractivity contribution < 1.29 is 4.74 Å². The molecule has 0 saturated carbocycles. The zero-order valence-corrected chi connectivity index (χ0v) is 15.7. The highest BCUT2D eigenvalue weighted by Crippen LogP contribution is 2.48. The number of H-pyrrole nitrogens is 1. The van der Waals surface area contributed by atoms with Crippen LogP contribution in [0.2, 0.25) is 0 Å². The summed E-state index contributed by atoms with van der Waals surface area (Å²) in [6, 6.07) is 26.8. The molecule has 0 saturated heterocycles. The molecule has 1 aliphatic rings. The molecule has 3 nitrogen and oxygen atoms in total. The summed E-state index contributed by atoms with van der Waals surface area (Å²) in [6.07, 6.45) is 0.862. The molecule has 0 radical (unpaired) electrons. The van der Waals surface area contributed by atoms with Crippen molar-refractivity contribution in [2.45, 2.75) is 18.3 Å². The van der Waals surface area contributed by atoms with E-state index in [-0.39, 0.29) is 17.4 Å². The average molecular weight is 367 g/mol. The van der Waals surface area contributed by atoms with Gasteiger partial charge in [0.05, 0.1) is 7.11 Å². The van der Waals surface area contributed by atoms with Gasteiger partial charge in [-0.25, -0.2) is 0 Å². The lowest BCUT2D eigenvalue weighted by molar-refractivity contribution is 0.414. The molecular formula is C25H21NO2. The van der Waals surface area contributed by atoms with Gasteiger partial charge >= 0.3 is 0 Å². The molecule has 5 rings (SSSR count). The summed E-state index contributed by atoms with van der Waals surface area (Å²) in [6.45, 7) is 0. The molecule has 0 aliphatic heterocycles. The Bertz CT molecular complexity index is 1190. The third kappa shape index (κ3) is 2.63. The number of hydrogen-bond donors (Lipinski definition) is 1. The van der Waals surface area contributed by atoms with Crippen LogP contribution in [0.25, 0.3) is 10.9 Å². The molecule has 3 heteroatoms. The van der Waals surface area contributed by atoms with Gasteiger partial charge in [0, 0.05) is 22.4 Å². The van der Waals surface area contributed by atoms with Gasteiger partial charge in [-0.1, -0.05) is 60.7 Å². The quantitative estimate of drug-likeness (QED) is 0.553. The zero-order chi connectivity index (χ0) is 19.1. The molecule has 138 valence electrons. The van der Waals surface area contributed by atoms with E-state index in [0.717, 1.165) is 34.2 Å². The number of fused-ring (bicyclic) bond motifs is 3. The summed E-state index contributed by atoms with van der Waals surface area (Å²) < 4.78 is 5.33. The van der Waals surface area contributed by atoms with Crippen molar-refractivity contribution in [2.24, 2.45) is 0 Å². The molecule has 28 heavy (non-hydrogen) atoms. The summed E-state index contributed by atoms with van der Waals surface area (Å²) in [4.78, 5) is 16.2. The second-order valence-electron chi connectivity index (χ2n) is 7.36. The van der Waals surface area contributed by atoms with Crippen LogP contribution >= 0.6 is 0 Å². The van der Waals surface area contributed by atoms with Crippen LogP contribution in [0.4, 0.5) is 0 Å². The molecule has 1 N–H and O–H groups in total. The monoisotopic (exact) mass is 367 g/mol. The molecule has 3 aromatic carbocycles. The number of methoxy groups -OCH3 is 1. The van der Waals surface area contributed by atoms with Gasteiger partial charge in [0.15, 0.2) is 0 Å². The molecule has 0 unspecified atom stereocenters. The van der Waals surface area contributed by atoms with Crippen molar-refractivity contribution in [2.75, 3.05) is 7.11 Å². The fraction of sp³-hybridized carbons (Fsp3) is 0.160. The topological polar surface area (TPSA) is 42.1 Å². The summed E-state index contributed by atoms with van der Waals surface area (Å²) in [5, 5.41) is 1.15. The van der Waals surface area contributed by atoms with Crippen LogP contribution < -0.4 is 10.3 Å². The molecule has 1 aromatic heterocycles. The first-order valence-electron chi connectivity index (χ1n) is 9.59. The van der Waals surface area contributed by atoms with Crippen LogP contribution in [0.5, 0.6) is 5.75 Å². The van der Waals surface area contributed by atoms with Gasteiger partial charge in [-0.15, -0.1) is 0 Å². The Labute approximate surface area is 163 Å². The summed E-state index contributed by atoms with van der Waals surface area (Å²) in [5.74, 6) is 1.08. The van der Waals surface area contributed by atoms with E-state index in [1.807, 2.05) is 36.4 Å². The number of rotatable bonds is 3. The third-order valence-electron chi connectivity index (χ3n) is 5.91. The largest absolute Gasteiger partial charge is 0.497 e. The minimum absolute atomic E-state index is 0.0212. The number of benzene rings is 3. The fourth-order valence-corrected chi connectivity index (χ4v) is 4.64. The molecular weight excluding hydrogens is 346 g/mol. The summed E-state index contributed by atoms with van der Waals surface area (Å²) in [7, 11) is 1.67. The molecule has 2 atom stereocenters. The Balaban J connectivity index is 1.75. The lowest BCUT2D eigenvalue weighted by Gasteiger charge is -2.21.